The van der Waals surface area contributed by atoms with Gasteiger partial charge in [0.15, 0.2) is 5.75 Å². The Morgan fingerprint density at radius 2 is 2.26 bits per heavy atom. The van der Waals surface area contributed by atoms with Crippen LogP contribution in [0.5, 0.6) is 11.6 Å². The van der Waals surface area contributed by atoms with Gasteiger partial charge in [-0.1, -0.05) is 13.3 Å². The van der Waals surface area contributed by atoms with Crippen LogP contribution in [0.1, 0.15) is 39.0 Å². The number of hydrogen-bond acceptors (Lipinski definition) is 4. The van der Waals surface area contributed by atoms with Crippen LogP contribution in [0.15, 0.2) is 18.3 Å². The van der Waals surface area contributed by atoms with Gasteiger partial charge in [0, 0.05) is 12.2 Å². The fourth-order valence-corrected chi connectivity index (χ4v) is 2.27. The lowest BCUT2D eigenvalue weighted by molar-refractivity contribution is 0.237. The molecule has 0 bridgehead atoms. The normalized spacial score (nSPS) is 19.1. The van der Waals surface area contributed by atoms with E-state index in [1.807, 2.05) is 12.1 Å². The minimum Gasteiger partial charge on any atom is -0.488 e. The highest BCUT2D eigenvalue weighted by atomic mass is 16.5. The van der Waals surface area contributed by atoms with Crippen molar-refractivity contribution in [2.75, 3.05) is 19.8 Å². The molecule has 1 aliphatic heterocycles. The topological polar surface area (TPSA) is 43.4 Å². The Labute approximate surface area is 115 Å². The molecule has 1 fully saturated rings. The summed E-state index contributed by atoms with van der Waals surface area (Å²) in [5.41, 5.74) is 0. The van der Waals surface area contributed by atoms with E-state index in [0.717, 1.165) is 25.1 Å². The minimum atomic E-state index is 0.595. The van der Waals surface area contributed by atoms with Crippen molar-refractivity contribution < 1.29 is 9.47 Å². The van der Waals surface area contributed by atoms with E-state index in [1.54, 1.807) is 6.20 Å². The monoisotopic (exact) mass is 264 g/mol. The van der Waals surface area contributed by atoms with E-state index in [0.29, 0.717) is 25.1 Å². The van der Waals surface area contributed by atoms with E-state index in [1.165, 1.54) is 19.3 Å². The van der Waals surface area contributed by atoms with Crippen molar-refractivity contribution in [3.63, 3.8) is 0 Å². The molecule has 0 aromatic carbocycles. The van der Waals surface area contributed by atoms with Crippen LogP contribution in [0.25, 0.3) is 0 Å². The lowest BCUT2D eigenvalue weighted by Gasteiger charge is -2.23. The molecule has 0 aliphatic carbocycles. The van der Waals surface area contributed by atoms with E-state index in [9.17, 15) is 0 Å². The quantitative estimate of drug-likeness (QED) is 0.822. The SMILES string of the molecule is CCCOc1cccnc1OCCC1CCCCN1. The van der Waals surface area contributed by atoms with Crippen molar-refractivity contribution in [2.45, 2.75) is 45.1 Å². The molecule has 1 aromatic heterocycles. The summed E-state index contributed by atoms with van der Waals surface area (Å²) in [4.78, 5) is 4.25. The van der Waals surface area contributed by atoms with Crippen molar-refractivity contribution in [2.24, 2.45) is 0 Å². The van der Waals surface area contributed by atoms with Crippen LogP contribution in [0, 0.1) is 0 Å². The van der Waals surface area contributed by atoms with Gasteiger partial charge in [-0.15, -0.1) is 0 Å². The summed E-state index contributed by atoms with van der Waals surface area (Å²) in [6.45, 7) is 4.62. The summed E-state index contributed by atoms with van der Waals surface area (Å²) in [6, 6.07) is 4.38. The average molecular weight is 264 g/mol. The summed E-state index contributed by atoms with van der Waals surface area (Å²) in [5.74, 6) is 1.37. The zero-order valence-corrected chi connectivity index (χ0v) is 11.7. The zero-order chi connectivity index (χ0) is 13.3. The van der Waals surface area contributed by atoms with Crippen molar-refractivity contribution in [1.29, 1.82) is 0 Å². The van der Waals surface area contributed by atoms with Crippen LogP contribution >= 0.6 is 0 Å². The molecule has 0 radical (unpaired) electrons. The fourth-order valence-electron chi connectivity index (χ4n) is 2.27. The highest BCUT2D eigenvalue weighted by molar-refractivity contribution is 5.32. The molecule has 1 unspecified atom stereocenters. The van der Waals surface area contributed by atoms with Gasteiger partial charge in [-0.2, -0.15) is 0 Å². The van der Waals surface area contributed by atoms with Crippen LogP contribution in [0.4, 0.5) is 0 Å². The van der Waals surface area contributed by atoms with Crippen molar-refractivity contribution in [3.8, 4) is 11.6 Å². The molecule has 0 saturated carbocycles. The Morgan fingerprint density at radius 3 is 3.05 bits per heavy atom. The summed E-state index contributed by atoms with van der Waals surface area (Å²) in [6.07, 6.45) is 7.64. The van der Waals surface area contributed by atoms with Gasteiger partial charge in [0.25, 0.3) is 5.88 Å². The predicted octanol–water partition coefficient (Wildman–Crippen LogP) is 2.78. The maximum Gasteiger partial charge on any atom is 0.256 e. The summed E-state index contributed by atoms with van der Waals surface area (Å²) >= 11 is 0. The largest absolute Gasteiger partial charge is 0.488 e. The second-order valence-corrected chi connectivity index (χ2v) is 4.94. The molecule has 4 heteroatoms. The molecule has 4 nitrogen and oxygen atoms in total. The van der Waals surface area contributed by atoms with E-state index < -0.39 is 0 Å². The maximum absolute atomic E-state index is 5.76. The van der Waals surface area contributed by atoms with Gasteiger partial charge in [0.1, 0.15) is 0 Å². The van der Waals surface area contributed by atoms with Crippen LogP contribution in [-0.2, 0) is 0 Å². The van der Waals surface area contributed by atoms with Gasteiger partial charge in [-0.05, 0) is 44.4 Å². The number of piperidine rings is 1. The third-order valence-corrected chi connectivity index (χ3v) is 3.32. The molecule has 2 heterocycles. The Balaban J connectivity index is 1.77. The molecule has 2 rings (SSSR count). The second-order valence-electron chi connectivity index (χ2n) is 4.94. The second kappa shape index (κ2) is 8.00. The first-order valence-corrected chi connectivity index (χ1v) is 7.34. The molecule has 0 spiro atoms. The smallest absolute Gasteiger partial charge is 0.256 e. The highest BCUT2D eigenvalue weighted by Gasteiger charge is 2.13. The van der Waals surface area contributed by atoms with Gasteiger partial charge in [0.2, 0.25) is 0 Å². The van der Waals surface area contributed by atoms with Crippen molar-refractivity contribution in [3.05, 3.63) is 18.3 Å². The van der Waals surface area contributed by atoms with E-state index >= 15 is 0 Å². The Kier molecular flexibility index (Phi) is 5.95. The maximum atomic E-state index is 5.76. The minimum absolute atomic E-state index is 0.595. The van der Waals surface area contributed by atoms with E-state index in [4.69, 9.17) is 9.47 Å². The third-order valence-electron chi connectivity index (χ3n) is 3.32. The van der Waals surface area contributed by atoms with Gasteiger partial charge in [-0.25, -0.2) is 4.98 Å². The van der Waals surface area contributed by atoms with Gasteiger partial charge in [-0.3, -0.25) is 0 Å². The lowest BCUT2D eigenvalue weighted by Crippen LogP contribution is -2.35. The lowest BCUT2D eigenvalue weighted by atomic mass is 10.0. The predicted molar refractivity (Wildman–Crippen MR) is 75.8 cm³/mol. The summed E-state index contributed by atoms with van der Waals surface area (Å²) in [7, 11) is 0. The zero-order valence-electron chi connectivity index (χ0n) is 11.7. The Morgan fingerprint density at radius 1 is 1.32 bits per heavy atom. The number of pyridine rings is 1. The standard InChI is InChI=1S/C15H24N2O2/c1-2-11-18-14-7-5-10-17-15(14)19-12-8-13-6-3-4-9-16-13/h5,7,10,13,16H,2-4,6,8-9,11-12H2,1H3. The third kappa shape index (κ3) is 4.71. The molecular formula is C15H24N2O2. The molecule has 19 heavy (non-hydrogen) atoms. The molecule has 1 N–H and O–H groups in total. The van der Waals surface area contributed by atoms with Crippen LogP contribution in [-0.4, -0.2) is 30.8 Å². The summed E-state index contributed by atoms with van der Waals surface area (Å²) < 4.78 is 11.4. The molecule has 106 valence electrons. The number of nitrogens with zero attached hydrogens (tertiary/aromatic N) is 1. The molecule has 1 atom stereocenters. The first-order chi connectivity index (χ1) is 9.40. The summed E-state index contributed by atoms with van der Waals surface area (Å²) in [5, 5.41) is 3.52. The molecular weight excluding hydrogens is 240 g/mol. The van der Waals surface area contributed by atoms with Crippen molar-refractivity contribution in [1.82, 2.24) is 10.3 Å². The fraction of sp³-hybridized carbons (Fsp3) is 0.667. The van der Waals surface area contributed by atoms with Crippen molar-refractivity contribution >= 4 is 0 Å². The van der Waals surface area contributed by atoms with Crippen LogP contribution < -0.4 is 14.8 Å². The van der Waals surface area contributed by atoms with Gasteiger partial charge < -0.3 is 14.8 Å². The van der Waals surface area contributed by atoms with Crippen LogP contribution in [0.2, 0.25) is 0 Å². The Hall–Kier alpha value is -1.29. The Bertz CT molecular complexity index is 365. The first-order valence-electron chi connectivity index (χ1n) is 7.34. The highest BCUT2D eigenvalue weighted by Crippen LogP contribution is 2.24. The number of ether oxygens (including phenoxy) is 2. The van der Waals surface area contributed by atoms with E-state index in [2.05, 4.69) is 17.2 Å². The molecule has 1 saturated heterocycles. The first kappa shape index (κ1) is 14.1. The number of rotatable bonds is 7. The van der Waals surface area contributed by atoms with Gasteiger partial charge in [0.05, 0.1) is 13.2 Å². The van der Waals surface area contributed by atoms with E-state index in [-0.39, 0.29) is 0 Å². The van der Waals surface area contributed by atoms with Crippen LogP contribution in [0.3, 0.4) is 0 Å². The number of aromatic nitrogens is 1. The average Bonchev–Trinajstić information content (AvgIpc) is 2.47. The number of hydrogen-bond donors (Lipinski definition) is 1. The van der Waals surface area contributed by atoms with Gasteiger partial charge >= 0.3 is 0 Å². The molecule has 0 amide bonds. The molecule has 1 aromatic rings. The molecule has 1 aliphatic rings. The number of nitrogens with one attached hydrogen (secondary N) is 1.